The van der Waals surface area contributed by atoms with E-state index in [1.807, 2.05) is 18.9 Å². The largest absolute Gasteiger partial charge is 0.385 e. The summed E-state index contributed by atoms with van der Waals surface area (Å²) in [5.41, 5.74) is 0.965. The quantitative estimate of drug-likeness (QED) is 0.683. The van der Waals surface area contributed by atoms with Crippen molar-refractivity contribution in [2.45, 2.75) is 24.3 Å². The van der Waals surface area contributed by atoms with E-state index in [1.54, 1.807) is 31.4 Å². The zero-order chi connectivity index (χ0) is 17.5. The number of nitrogens with one attached hydrogen (secondary N) is 1. The first-order valence-electron chi connectivity index (χ1n) is 7.51. The van der Waals surface area contributed by atoms with Crippen LogP contribution in [-0.4, -0.2) is 59.3 Å². The van der Waals surface area contributed by atoms with Crippen molar-refractivity contribution < 1.29 is 17.9 Å². The molecule has 0 aliphatic rings. The van der Waals surface area contributed by atoms with Crippen LogP contribution in [0, 0.1) is 0 Å². The number of hydrogen-bond acceptors (Lipinski definition) is 5. The Morgan fingerprint density at radius 1 is 1.30 bits per heavy atom. The number of amides is 1. The summed E-state index contributed by atoms with van der Waals surface area (Å²) >= 11 is 0. The zero-order valence-corrected chi connectivity index (χ0v) is 15.0. The van der Waals surface area contributed by atoms with Crippen molar-refractivity contribution in [3.05, 3.63) is 29.8 Å². The fraction of sp³-hybridized carbons (Fsp3) is 0.562. The molecule has 1 unspecified atom stereocenters. The second-order valence-corrected chi connectivity index (χ2v) is 7.64. The van der Waals surface area contributed by atoms with E-state index >= 15 is 0 Å². The molecule has 0 bridgehead atoms. The molecule has 0 aliphatic heterocycles. The molecule has 0 heterocycles. The van der Waals surface area contributed by atoms with Gasteiger partial charge in [0.1, 0.15) is 0 Å². The Labute approximate surface area is 138 Å². The third-order valence-electron chi connectivity index (χ3n) is 3.69. The van der Waals surface area contributed by atoms with Crippen molar-refractivity contribution in [3.8, 4) is 0 Å². The number of carbonyl (C=O) groups excluding carboxylic acids is 1. The number of rotatable bonds is 9. The molecule has 6 nitrogen and oxygen atoms in total. The van der Waals surface area contributed by atoms with Crippen LogP contribution in [0.4, 0.5) is 0 Å². The average molecular weight is 342 g/mol. The molecular formula is C16H26N2O4S. The van der Waals surface area contributed by atoms with Crippen LogP contribution in [0.5, 0.6) is 0 Å². The summed E-state index contributed by atoms with van der Waals surface area (Å²) in [6.07, 6.45) is 1.97. The standard InChI is InChI=1S/C16H26N2O4S/c1-13(14-6-8-15(9-7-14)23(4,20)21)18(2)12-16(19)17-10-5-11-22-3/h6-9,13H,5,10-12H2,1-4H3,(H,17,19). The van der Waals surface area contributed by atoms with Crippen LogP contribution in [0.25, 0.3) is 0 Å². The topological polar surface area (TPSA) is 75.7 Å². The third kappa shape index (κ3) is 6.68. The van der Waals surface area contributed by atoms with Gasteiger partial charge in [-0.3, -0.25) is 9.69 Å². The van der Waals surface area contributed by atoms with Crippen LogP contribution in [-0.2, 0) is 19.4 Å². The minimum atomic E-state index is -3.19. The Balaban J connectivity index is 2.56. The Kier molecular flexibility index (Phi) is 7.67. The molecule has 7 heteroatoms. The molecule has 1 atom stereocenters. The number of ether oxygens (including phenoxy) is 1. The van der Waals surface area contributed by atoms with Gasteiger partial charge in [-0.25, -0.2) is 8.42 Å². The summed E-state index contributed by atoms with van der Waals surface area (Å²) in [5.74, 6) is -0.0387. The summed E-state index contributed by atoms with van der Waals surface area (Å²) < 4.78 is 27.9. The van der Waals surface area contributed by atoms with E-state index in [0.29, 0.717) is 18.0 Å². The molecule has 0 aromatic heterocycles. The van der Waals surface area contributed by atoms with Gasteiger partial charge < -0.3 is 10.1 Å². The van der Waals surface area contributed by atoms with E-state index in [2.05, 4.69) is 5.32 Å². The Hall–Kier alpha value is -1.44. The number of methoxy groups -OCH3 is 1. The highest BCUT2D eigenvalue weighted by Crippen LogP contribution is 2.20. The van der Waals surface area contributed by atoms with Crippen molar-refractivity contribution >= 4 is 15.7 Å². The number of sulfone groups is 1. The molecule has 1 aromatic carbocycles. The number of nitrogens with zero attached hydrogens (tertiary/aromatic N) is 1. The van der Waals surface area contributed by atoms with Crippen LogP contribution in [0.1, 0.15) is 24.9 Å². The summed E-state index contributed by atoms with van der Waals surface area (Å²) in [4.78, 5) is 14.1. The van der Waals surface area contributed by atoms with E-state index in [4.69, 9.17) is 4.74 Å². The predicted molar refractivity (Wildman–Crippen MR) is 90.1 cm³/mol. The van der Waals surface area contributed by atoms with E-state index in [1.165, 1.54) is 6.26 Å². The number of carbonyl (C=O) groups is 1. The highest BCUT2D eigenvalue weighted by atomic mass is 32.2. The molecule has 0 saturated heterocycles. The van der Waals surface area contributed by atoms with Gasteiger partial charge >= 0.3 is 0 Å². The van der Waals surface area contributed by atoms with Crippen molar-refractivity contribution in [1.29, 1.82) is 0 Å². The van der Waals surface area contributed by atoms with Gasteiger partial charge in [-0.05, 0) is 38.1 Å². The van der Waals surface area contributed by atoms with Crippen molar-refractivity contribution in [2.24, 2.45) is 0 Å². The fourth-order valence-electron chi connectivity index (χ4n) is 2.11. The molecule has 0 radical (unpaired) electrons. The summed E-state index contributed by atoms with van der Waals surface area (Å²) in [7, 11) is 0.309. The molecule has 0 saturated carbocycles. The van der Waals surface area contributed by atoms with Crippen LogP contribution < -0.4 is 5.32 Å². The minimum absolute atomic E-state index is 0.00772. The SMILES string of the molecule is COCCCNC(=O)CN(C)C(C)c1ccc(S(C)(=O)=O)cc1. The lowest BCUT2D eigenvalue weighted by molar-refractivity contribution is -0.122. The van der Waals surface area contributed by atoms with Crippen LogP contribution in [0.15, 0.2) is 29.2 Å². The van der Waals surface area contributed by atoms with Gasteiger partial charge in [0.15, 0.2) is 9.84 Å². The molecule has 1 rings (SSSR count). The van der Waals surface area contributed by atoms with Gasteiger partial charge in [0.05, 0.1) is 11.4 Å². The molecule has 0 spiro atoms. The smallest absolute Gasteiger partial charge is 0.234 e. The van der Waals surface area contributed by atoms with E-state index in [0.717, 1.165) is 12.0 Å². The average Bonchev–Trinajstić information content (AvgIpc) is 2.50. The van der Waals surface area contributed by atoms with Gasteiger partial charge in [0.25, 0.3) is 0 Å². The molecule has 130 valence electrons. The lowest BCUT2D eigenvalue weighted by atomic mass is 10.1. The molecular weight excluding hydrogens is 316 g/mol. The molecule has 0 aliphatic carbocycles. The van der Waals surface area contributed by atoms with Gasteiger partial charge in [-0.1, -0.05) is 12.1 Å². The molecule has 1 amide bonds. The van der Waals surface area contributed by atoms with E-state index < -0.39 is 9.84 Å². The maximum atomic E-state index is 11.9. The molecule has 0 fully saturated rings. The first-order valence-corrected chi connectivity index (χ1v) is 9.40. The number of hydrogen-bond donors (Lipinski definition) is 1. The first kappa shape index (κ1) is 19.6. The summed E-state index contributed by atoms with van der Waals surface area (Å²) in [6, 6.07) is 6.77. The fourth-order valence-corrected chi connectivity index (χ4v) is 2.74. The first-order chi connectivity index (χ1) is 10.8. The third-order valence-corrected chi connectivity index (χ3v) is 4.82. The van der Waals surface area contributed by atoms with E-state index in [-0.39, 0.29) is 18.5 Å². The number of benzene rings is 1. The van der Waals surface area contributed by atoms with Gasteiger partial charge in [-0.15, -0.1) is 0 Å². The summed E-state index contributed by atoms with van der Waals surface area (Å²) in [6.45, 7) is 3.48. The zero-order valence-electron chi connectivity index (χ0n) is 14.2. The summed E-state index contributed by atoms with van der Waals surface area (Å²) in [5, 5.41) is 2.84. The Bertz CT molecular complexity index is 599. The highest BCUT2D eigenvalue weighted by molar-refractivity contribution is 7.90. The number of likely N-dealkylation sites (N-methyl/N-ethyl adjacent to an activating group) is 1. The van der Waals surface area contributed by atoms with Crippen LogP contribution >= 0.6 is 0 Å². The van der Waals surface area contributed by atoms with Gasteiger partial charge in [0.2, 0.25) is 5.91 Å². The van der Waals surface area contributed by atoms with Crippen LogP contribution in [0.3, 0.4) is 0 Å². The van der Waals surface area contributed by atoms with Crippen LogP contribution in [0.2, 0.25) is 0 Å². The van der Waals surface area contributed by atoms with E-state index in [9.17, 15) is 13.2 Å². The highest BCUT2D eigenvalue weighted by Gasteiger charge is 2.15. The van der Waals surface area contributed by atoms with Crippen molar-refractivity contribution in [3.63, 3.8) is 0 Å². The van der Waals surface area contributed by atoms with Crippen molar-refractivity contribution in [1.82, 2.24) is 10.2 Å². The second kappa shape index (κ2) is 9.00. The molecule has 1 aromatic rings. The Morgan fingerprint density at radius 2 is 1.91 bits per heavy atom. The maximum Gasteiger partial charge on any atom is 0.234 e. The van der Waals surface area contributed by atoms with Gasteiger partial charge in [0, 0.05) is 32.6 Å². The normalized spacial score (nSPS) is 13.1. The van der Waals surface area contributed by atoms with Crippen molar-refractivity contribution in [2.75, 3.05) is 40.1 Å². The van der Waals surface area contributed by atoms with Gasteiger partial charge in [-0.2, -0.15) is 0 Å². The molecule has 23 heavy (non-hydrogen) atoms. The monoisotopic (exact) mass is 342 g/mol. The lowest BCUT2D eigenvalue weighted by Crippen LogP contribution is -2.37. The second-order valence-electron chi connectivity index (χ2n) is 5.63. The predicted octanol–water partition coefficient (Wildman–Crippen LogP) is 1.24. The minimum Gasteiger partial charge on any atom is -0.385 e. The lowest BCUT2D eigenvalue weighted by Gasteiger charge is -2.24. The maximum absolute atomic E-state index is 11.9. The molecule has 1 N–H and O–H groups in total. The Morgan fingerprint density at radius 3 is 2.43 bits per heavy atom.